The molecule has 0 heterocycles. The van der Waals surface area contributed by atoms with Gasteiger partial charge in [-0.15, -0.1) is 0 Å². The van der Waals surface area contributed by atoms with Crippen LogP contribution in [0, 0.1) is 0 Å². The number of hydrogen-bond donors (Lipinski definition) is 1. The summed E-state index contributed by atoms with van der Waals surface area (Å²) >= 11 is 12.0. The summed E-state index contributed by atoms with van der Waals surface area (Å²) in [5.74, 6) is 0. The lowest BCUT2D eigenvalue weighted by atomic mass is 10.2. The van der Waals surface area contributed by atoms with Crippen molar-refractivity contribution in [3.8, 4) is 0 Å². The molecule has 1 rings (SSSR count). The fourth-order valence-corrected chi connectivity index (χ4v) is 2.02. The first kappa shape index (κ1) is 13.8. The van der Waals surface area contributed by atoms with E-state index >= 15 is 0 Å². The van der Waals surface area contributed by atoms with Gasteiger partial charge in [-0.25, -0.2) is 0 Å². The van der Waals surface area contributed by atoms with Gasteiger partial charge in [0, 0.05) is 35.7 Å². The van der Waals surface area contributed by atoms with Crippen LogP contribution in [0.3, 0.4) is 0 Å². The maximum absolute atomic E-state index is 6.14. The first-order valence-corrected chi connectivity index (χ1v) is 6.18. The van der Waals surface area contributed by atoms with Crippen molar-refractivity contribution < 1.29 is 0 Å². The maximum Gasteiger partial charge on any atom is 0.0465 e. The van der Waals surface area contributed by atoms with Crippen LogP contribution in [0.5, 0.6) is 0 Å². The summed E-state index contributed by atoms with van der Waals surface area (Å²) in [6.07, 6.45) is 0. The highest BCUT2D eigenvalue weighted by Crippen LogP contribution is 2.22. The quantitative estimate of drug-likeness (QED) is 0.882. The van der Waals surface area contributed by atoms with Gasteiger partial charge in [0.2, 0.25) is 0 Å². The van der Waals surface area contributed by atoms with Crippen molar-refractivity contribution in [3.05, 3.63) is 33.8 Å². The van der Waals surface area contributed by atoms with Gasteiger partial charge in [0.15, 0.2) is 0 Å². The molecular formula is C12H18Cl2N2. The van der Waals surface area contributed by atoms with Gasteiger partial charge in [-0.3, -0.25) is 4.90 Å². The van der Waals surface area contributed by atoms with E-state index in [0.29, 0.717) is 17.6 Å². The zero-order chi connectivity index (χ0) is 12.1. The molecule has 0 aromatic heterocycles. The molecule has 0 aliphatic carbocycles. The Morgan fingerprint density at radius 3 is 2.50 bits per heavy atom. The van der Waals surface area contributed by atoms with Crippen LogP contribution in [0.1, 0.15) is 19.4 Å². The minimum atomic E-state index is 0.454. The predicted octanol–water partition coefficient (Wildman–Crippen LogP) is 3.16. The van der Waals surface area contributed by atoms with E-state index in [2.05, 4.69) is 18.7 Å². The van der Waals surface area contributed by atoms with Crippen LogP contribution in [0.15, 0.2) is 18.2 Å². The Kier molecular flexibility index (Phi) is 5.56. The average molecular weight is 261 g/mol. The smallest absolute Gasteiger partial charge is 0.0465 e. The fourth-order valence-electron chi connectivity index (χ4n) is 1.55. The van der Waals surface area contributed by atoms with E-state index < -0.39 is 0 Å². The van der Waals surface area contributed by atoms with Gasteiger partial charge in [0.1, 0.15) is 0 Å². The number of benzene rings is 1. The van der Waals surface area contributed by atoms with Gasteiger partial charge in [0.05, 0.1) is 0 Å². The number of halogens is 2. The van der Waals surface area contributed by atoms with Crippen molar-refractivity contribution in [1.29, 1.82) is 0 Å². The Morgan fingerprint density at radius 1 is 1.31 bits per heavy atom. The molecule has 16 heavy (non-hydrogen) atoms. The van der Waals surface area contributed by atoms with Crippen molar-refractivity contribution >= 4 is 23.2 Å². The van der Waals surface area contributed by atoms with E-state index in [-0.39, 0.29) is 0 Å². The molecule has 0 saturated heterocycles. The summed E-state index contributed by atoms with van der Waals surface area (Å²) in [6.45, 7) is 6.64. The third-order valence-electron chi connectivity index (χ3n) is 2.54. The third kappa shape index (κ3) is 3.95. The minimum Gasteiger partial charge on any atom is -0.329 e. The lowest BCUT2D eigenvalue weighted by molar-refractivity contribution is 0.219. The van der Waals surface area contributed by atoms with Gasteiger partial charge in [-0.1, -0.05) is 29.3 Å². The summed E-state index contributed by atoms with van der Waals surface area (Å²) in [4.78, 5) is 2.29. The Hall–Kier alpha value is -0.280. The second-order valence-electron chi connectivity index (χ2n) is 4.09. The molecule has 0 saturated carbocycles. The Balaban J connectivity index is 2.77. The lowest BCUT2D eigenvalue weighted by Crippen LogP contribution is -2.34. The molecule has 2 nitrogen and oxygen atoms in total. The normalized spacial score (nSPS) is 11.4. The van der Waals surface area contributed by atoms with E-state index in [1.165, 1.54) is 0 Å². The third-order valence-corrected chi connectivity index (χ3v) is 3.12. The van der Waals surface area contributed by atoms with Crippen LogP contribution < -0.4 is 5.73 Å². The SMILES string of the molecule is CC(C)N(CCN)Cc1ccc(Cl)cc1Cl. The predicted molar refractivity (Wildman–Crippen MR) is 71.1 cm³/mol. The summed E-state index contributed by atoms with van der Waals surface area (Å²) < 4.78 is 0. The van der Waals surface area contributed by atoms with E-state index in [4.69, 9.17) is 28.9 Å². The zero-order valence-corrected chi connectivity index (χ0v) is 11.2. The first-order chi connectivity index (χ1) is 7.54. The largest absolute Gasteiger partial charge is 0.329 e. The summed E-state index contributed by atoms with van der Waals surface area (Å²) in [6, 6.07) is 6.06. The Labute approximate surface area is 107 Å². The van der Waals surface area contributed by atoms with Crippen LogP contribution >= 0.6 is 23.2 Å². The zero-order valence-electron chi connectivity index (χ0n) is 9.71. The van der Waals surface area contributed by atoms with E-state index in [9.17, 15) is 0 Å². The summed E-state index contributed by atoms with van der Waals surface area (Å²) in [7, 11) is 0. The molecule has 0 aliphatic heterocycles. The Bertz CT molecular complexity index is 340. The molecule has 4 heteroatoms. The number of hydrogen-bond acceptors (Lipinski definition) is 2. The minimum absolute atomic E-state index is 0.454. The molecule has 90 valence electrons. The maximum atomic E-state index is 6.14. The van der Waals surface area contributed by atoms with Gasteiger partial charge in [-0.05, 0) is 31.5 Å². The van der Waals surface area contributed by atoms with Crippen molar-refractivity contribution in [3.63, 3.8) is 0 Å². The molecule has 0 radical (unpaired) electrons. The van der Waals surface area contributed by atoms with Gasteiger partial charge >= 0.3 is 0 Å². The molecule has 0 aliphatic rings. The highest BCUT2D eigenvalue weighted by molar-refractivity contribution is 6.35. The van der Waals surface area contributed by atoms with Crippen LogP contribution in [0.4, 0.5) is 0 Å². The van der Waals surface area contributed by atoms with Crippen LogP contribution in [0.25, 0.3) is 0 Å². The highest BCUT2D eigenvalue weighted by atomic mass is 35.5. The molecule has 0 amide bonds. The molecular weight excluding hydrogens is 243 g/mol. The number of rotatable bonds is 5. The van der Waals surface area contributed by atoms with Crippen LogP contribution in [-0.2, 0) is 6.54 Å². The summed E-state index contributed by atoms with van der Waals surface area (Å²) in [5.41, 5.74) is 6.68. The van der Waals surface area contributed by atoms with E-state index in [0.717, 1.165) is 23.7 Å². The number of nitrogens with zero attached hydrogens (tertiary/aromatic N) is 1. The van der Waals surface area contributed by atoms with Crippen molar-refractivity contribution in [2.24, 2.45) is 5.73 Å². The summed E-state index contributed by atoms with van der Waals surface area (Å²) in [5, 5.41) is 1.39. The molecule has 0 atom stereocenters. The second kappa shape index (κ2) is 6.45. The van der Waals surface area contributed by atoms with Gasteiger partial charge in [0.25, 0.3) is 0 Å². The van der Waals surface area contributed by atoms with Crippen molar-refractivity contribution in [1.82, 2.24) is 4.90 Å². The van der Waals surface area contributed by atoms with Crippen molar-refractivity contribution in [2.45, 2.75) is 26.4 Å². The molecule has 0 unspecified atom stereocenters. The van der Waals surface area contributed by atoms with Gasteiger partial charge < -0.3 is 5.73 Å². The average Bonchev–Trinajstić information content (AvgIpc) is 2.20. The van der Waals surface area contributed by atoms with E-state index in [1.54, 1.807) is 6.07 Å². The Morgan fingerprint density at radius 2 is 2.00 bits per heavy atom. The molecule has 1 aromatic rings. The standard InChI is InChI=1S/C12H18Cl2N2/c1-9(2)16(6-5-15)8-10-3-4-11(13)7-12(10)14/h3-4,7,9H,5-6,8,15H2,1-2H3. The molecule has 0 fully saturated rings. The first-order valence-electron chi connectivity index (χ1n) is 5.42. The number of nitrogens with two attached hydrogens (primary N) is 1. The molecule has 2 N–H and O–H groups in total. The molecule has 0 bridgehead atoms. The van der Waals surface area contributed by atoms with Gasteiger partial charge in [-0.2, -0.15) is 0 Å². The topological polar surface area (TPSA) is 29.3 Å². The lowest BCUT2D eigenvalue weighted by Gasteiger charge is -2.26. The van der Waals surface area contributed by atoms with Crippen LogP contribution in [0.2, 0.25) is 10.0 Å². The highest BCUT2D eigenvalue weighted by Gasteiger charge is 2.11. The second-order valence-corrected chi connectivity index (χ2v) is 4.93. The van der Waals surface area contributed by atoms with E-state index in [1.807, 2.05) is 12.1 Å². The monoisotopic (exact) mass is 260 g/mol. The van der Waals surface area contributed by atoms with Crippen LogP contribution in [-0.4, -0.2) is 24.0 Å². The molecule has 1 aromatic carbocycles. The fraction of sp³-hybridized carbons (Fsp3) is 0.500. The molecule has 0 spiro atoms. The van der Waals surface area contributed by atoms with Crippen molar-refractivity contribution in [2.75, 3.05) is 13.1 Å².